The fourth-order valence-electron chi connectivity index (χ4n) is 0. The molecule has 0 N–H and O–H groups in total. The molecular weight excluding hydrogens is 241 g/mol. The van der Waals surface area contributed by atoms with Gasteiger partial charge in [0.1, 0.15) is 0 Å². The van der Waals surface area contributed by atoms with Gasteiger partial charge in [-0.15, -0.1) is 0 Å². The zero-order chi connectivity index (χ0) is 5.58. The second-order valence-corrected chi connectivity index (χ2v) is 0.492. The number of carboxylic acids is 1. The summed E-state index contributed by atoms with van der Waals surface area (Å²) >= 11 is 1.62. The van der Waals surface area contributed by atoms with E-state index in [-0.39, 0.29) is 29.6 Å². The van der Waals surface area contributed by atoms with Crippen LogP contribution in [0.15, 0.2) is 0 Å². The third kappa shape index (κ3) is 102. The van der Waals surface area contributed by atoms with Crippen LogP contribution < -0.4 is 34.7 Å². The zero-order valence-electron chi connectivity index (χ0n) is 4.07. The maximum atomic E-state index is 8.89. The van der Waals surface area contributed by atoms with E-state index in [1.807, 2.05) is 0 Å². The van der Waals surface area contributed by atoms with Crippen molar-refractivity contribution in [2.75, 3.05) is 0 Å². The van der Waals surface area contributed by atoms with E-state index in [0.717, 1.165) is 6.92 Å². The zero-order valence-corrected chi connectivity index (χ0v) is 8.99. The number of carboxylic acid groups (broad SMARTS) is 1. The minimum Gasteiger partial charge on any atom is -0.550 e. The van der Waals surface area contributed by atoms with Gasteiger partial charge < -0.3 is 9.90 Å². The minimum absolute atomic E-state index is 0. The van der Waals surface area contributed by atoms with Crippen LogP contribution in [0.4, 0.5) is 0 Å². The first-order chi connectivity index (χ1) is 2.73. The summed E-state index contributed by atoms with van der Waals surface area (Å²) in [5.74, 6) is -1.08. The Kier molecular flexibility index (Phi) is 35.3. The maximum Gasteiger partial charge on any atom is 1.00 e. The quantitative estimate of drug-likeness (QED) is 0.345. The van der Waals surface area contributed by atoms with E-state index in [1.54, 1.807) is 21.5 Å². The molecule has 0 aromatic rings. The standard InChI is InChI=1S/C2H4O2.ClI.Na/c1-2(3)4;1-2;/h1H3,(H,3,4);;/q;;+1/p-1. The van der Waals surface area contributed by atoms with Crippen LogP contribution in [-0.2, 0) is 4.79 Å². The van der Waals surface area contributed by atoms with Gasteiger partial charge in [0.2, 0.25) is 0 Å². The summed E-state index contributed by atoms with van der Waals surface area (Å²) in [5, 5.41) is 8.89. The smallest absolute Gasteiger partial charge is 0.550 e. The summed E-state index contributed by atoms with van der Waals surface area (Å²) in [6.07, 6.45) is 0. The summed E-state index contributed by atoms with van der Waals surface area (Å²) in [6, 6.07) is 0. The molecule has 5 heteroatoms. The predicted molar refractivity (Wildman–Crippen MR) is 30.6 cm³/mol. The van der Waals surface area contributed by atoms with E-state index in [9.17, 15) is 0 Å². The Bertz CT molecular complexity index is 38.7. The van der Waals surface area contributed by atoms with Crippen LogP contribution >= 0.6 is 30.4 Å². The second kappa shape index (κ2) is 15.6. The summed E-state index contributed by atoms with van der Waals surface area (Å²) in [4.78, 5) is 8.89. The second-order valence-electron chi connectivity index (χ2n) is 0.492. The van der Waals surface area contributed by atoms with Gasteiger partial charge in [-0.25, -0.2) is 0 Å². The molecule has 0 unspecified atom stereocenters. The van der Waals surface area contributed by atoms with Gasteiger partial charge in [0.15, 0.2) is 0 Å². The Labute approximate surface area is 81.8 Å². The van der Waals surface area contributed by atoms with E-state index in [0.29, 0.717) is 0 Å². The number of hydrogen-bond donors (Lipinski definition) is 0. The van der Waals surface area contributed by atoms with E-state index >= 15 is 0 Å². The summed E-state index contributed by atoms with van der Waals surface area (Å²) in [7, 11) is 4.61. The third-order valence-electron chi connectivity index (χ3n) is 0. The van der Waals surface area contributed by atoms with Crippen molar-refractivity contribution in [2.24, 2.45) is 0 Å². The van der Waals surface area contributed by atoms with Crippen LogP contribution in [0.1, 0.15) is 6.92 Å². The molecule has 2 nitrogen and oxygen atoms in total. The normalized spacial score (nSPS) is 4.43. The number of hydrogen-bond acceptors (Lipinski definition) is 2. The molecule has 0 saturated heterocycles. The molecule has 0 bridgehead atoms. The summed E-state index contributed by atoms with van der Waals surface area (Å²) < 4.78 is 0. The molecule has 0 rings (SSSR count). The Balaban J connectivity index is -0.0000000480. The SMILES string of the molecule is CC(=O)[O-].ClI.[Na+]. The topological polar surface area (TPSA) is 40.1 Å². The third-order valence-corrected chi connectivity index (χ3v) is 0. The van der Waals surface area contributed by atoms with Gasteiger partial charge in [0.05, 0.1) is 0 Å². The molecule has 0 fully saturated rings. The van der Waals surface area contributed by atoms with Crippen molar-refractivity contribution < 1.29 is 39.5 Å². The Morgan fingerprint density at radius 1 is 1.71 bits per heavy atom. The maximum absolute atomic E-state index is 8.89. The molecule has 0 spiro atoms. The van der Waals surface area contributed by atoms with Crippen molar-refractivity contribution in [3.05, 3.63) is 0 Å². The number of aliphatic carboxylic acids is 1. The molecule has 0 radical (unpaired) electrons. The monoisotopic (exact) mass is 244 g/mol. The van der Waals surface area contributed by atoms with Gasteiger partial charge in [-0.1, -0.05) is 0 Å². The van der Waals surface area contributed by atoms with Crippen molar-refractivity contribution in [3.8, 4) is 0 Å². The molecule has 38 valence electrons. The van der Waals surface area contributed by atoms with Gasteiger partial charge in [-0.2, -0.15) is 0 Å². The fourth-order valence-corrected chi connectivity index (χ4v) is 0. The molecule has 0 aliphatic heterocycles. The number of rotatable bonds is 0. The van der Waals surface area contributed by atoms with Crippen LogP contribution in [-0.4, -0.2) is 5.97 Å². The van der Waals surface area contributed by atoms with Crippen molar-refractivity contribution in [3.63, 3.8) is 0 Å². The van der Waals surface area contributed by atoms with Gasteiger partial charge in [-0.3, -0.25) is 0 Å². The molecular formula is C2H3ClINaO2. The predicted octanol–water partition coefficient (Wildman–Crippen LogP) is -2.66. The van der Waals surface area contributed by atoms with Crippen LogP contribution in [0, 0.1) is 0 Å². The first-order valence-electron chi connectivity index (χ1n) is 1.05. The van der Waals surface area contributed by atoms with Crippen LogP contribution in [0.3, 0.4) is 0 Å². The number of carbonyl (C=O) groups excluding carboxylic acids is 1. The van der Waals surface area contributed by atoms with E-state index < -0.39 is 5.97 Å². The van der Waals surface area contributed by atoms with Crippen molar-refractivity contribution in [2.45, 2.75) is 6.92 Å². The summed E-state index contributed by atoms with van der Waals surface area (Å²) in [6.45, 7) is 0.972. The molecule has 0 aromatic carbocycles. The van der Waals surface area contributed by atoms with Gasteiger partial charge in [-0.05, 0) is 15.8 Å². The first kappa shape index (κ1) is 15.8. The van der Waals surface area contributed by atoms with Gasteiger partial charge >= 0.3 is 29.6 Å². The van der Waals surface area contributed by atoms with Crippen LogP contribution in [0.5, 0.6) is 0 Å². The number of carbonyl (C=O) groups is 1. The van der Waals surface area contributed by atoms with E-state index in [2.05, 4.69) is 8.91 Å². The Morgan fingerprint density at radius 2 is 1.71 bits per heavy atom. The largest absolute Gasteiger partial charge is 1.00 e. The van der Waals surface area contributed by atoms with Crippen LogP contribution in [0.2, 0.25) is 0 Å². The van der Waals surface area contributed by atoms with Crippen molar-refractivity contribution in [1.29, 1.82) is 0 Å². The molecule has 0 aromatic heterocycles. The molecule has 0 aliphatic rings. The van der Waals surface area contributed by atoms with Gasteiger partial charge in [0.25, 0.3) is 0 Å². The van der Waals surface area contributed by atoms with Crippen molar-refractivity contribution in [1.82, 2.24) is 0 Å². The van der Waals surface area contributed by atoms with Crippen LogP contribution in [0.25, 0.3) is 0 Å². The average molecular weight is 244 g/mol. The van der Waals surface area contributed by atoms with E-state index in [1.165, 1.54) is 0 Å². The molecule has 0 heterocycles. The Morgan fingerprint density at radius 3 is 1.71 bits per heavy atom. The van der Waals surface area contributed by atoms with E-state index in [4.69, 9.17) is 9.90 Å². The minimum atomic E-state index is -1.08. The summed E-state index contributed by atoms with van der Waals surface area (Å²) in [5.41, 5.74) is 0. The first-order valence-corrected chi connectivity index (χ1v) is 3.78. The molecule has 0 saturated carbocycles. The van der Waals surface area contributed by atoms with Gasteiger partial charge in [0, 0.05) is 27.4 Å². The Hall–Kier alpha value is 1.49. The molecule has 0 aliphatic carbocycles. The van der Waals surface area contributed by atoms with Crippen molar-refractivity contribution >= 4 is 36.3 Å². The fraction of sp³-hybridized carbons (Fsp3) is 0.500. The molecule has 0 atom stereocenters. The number of halogens is 2. The average Bonchev–Trinajstić information content (AvgIpc) is 1.41. The molecule has 0 amide bonds. The molecule has 7 heavy (non-hydrogen) atoms.